The smallest absolute Gasteiger partial charge is 0.0238 e. The van der Waals surface area contributed by atoms with Crippen LogP contribution in [-0.2, 0) is 0 Å². The van der Waals surface area contributed by atoms with Gasteiger partial charge in [-0.25, -0.2) is 0 Å². The van der Waals surface area contributed by atoms with Gasteiger partial charge in [-0.2, -0.15) is 0 Å². The van der Waals surface area contributed by atoms with Crippen LogP contribution in [0, 0.1) is 11.8 Å². The highest BCUT2D eigenvalue weighted by Crippen LogP contribution is 2.32. The van der Waals surface area contributed by atoms with Crippen molar-refractivity contribution < 1.29 is 0 Å². The van der Waals surface area contributed by atoms with Gasteiger partial charge in [-0.05, 0) is 31.1 Å². The Balaban J connectivity index is 2.23. The standard InChI is InChI=1S/C14H30N2/c1-3-4-5-6-10-14(16-15)13-9-7-8-12(2)11-13/h12-14,16H,3-11,15H2,1-2H3. The van der Waals surface area contributed by atoms with E-state index in [0.29, 0.717) is 6.04 Å². The molecule has 0 spiro atoms. The third kappa shape index (κ3) is 4.84. The van der Waals surface area contributed by atoms with Crippen LogP contribution < -0.4 is 11.3 Å². The molecule has 1 saturated carbocycles. The molecule has 0 heterocycles. The van der Waals surface area contributed by atoms with Crippen LogP contribution in [0.2, 0.25) is 0 Å². The Hall–Kier alpha value is -0.0800. The number of nitrogens with one attached hydrogen (secondary N) is 1. The fourth-order valence-electron chi connectivity index (χ4n) is 3.09. The molecule has 0 saturated heterocycles. The van der Waals surface area contributed by atoms with Gasteiger partial charge in [0.2, 0.25) is 0 Å². The van der Waals surface area contributed by atoms with E-state index in [-0.39, 0.29) is 0 Å². The minimum atomic E-state index is 0.569. The van der Waals surface area contributed by atoms with Crippen molar-refractivity contribution in [1.82, 2.24) is 5.43 Å². The van der Waals surface area contributed by atoms with Gasteiger partial charge in [0.1, 0.15) is 0 Å². The van der Waals surface area contributed by atoms with Crippen LogP contribution in [-0.4, -0.2) is 6.04 Å². The van der Waals surface area contributed by atoms with Crippen LogP contribution in [0.4, 0.5) is 0 Å². The van der Waals surface area contributed by atoms with E-state index in [2.05, 4.69) is 19.3 Å². The van der Waals surface area contributed by atoms with Crippen molar-refractivity contribution in [3.63, 3.8) is 0 Å². The van der Waals surface area contributed by atoms with Crippen LogP contribution in [0.15, 0.2) is 0 Å². The Kier molecular flexibility index (Phi) is 7.06. The Morgan fingerprint density at radius 1 is 1.25 bits per heavy atom. The zero-order valence-electron chi connectivity index (χ0n) is 11.2. The van der Waals surface area contributed by atoms with Gasteiger partial charge < -0.3 is 0 Å². The molecule has 1 rings (SSSR count). The lowest BCUT2D eigenvalue weighted by molar-refractivity contribution is 0.213. The largest absolute Gasteiger partial charge is 0.271 e. The summed E-state index contributed by atoms with van der Waals surface area (Å²) in [5, 5.41) is 0. The number of nitrogens with two attached hydrogens (primary N) is 1. The van der Waals surface area contributed by atoms with Crippen LogP contribution >= 0.6 is 0 Å². The van der Waals surface area contributed by atoms with Gasteiger partial charge in [0, 0.05) is 6.04 Å². The molecule has 0 bridgehead atoms. The van der Waals surface area contributed by atoms with E-state index in [1.54, 1.807) is 0 Å². The molecule has 1 aliphatic rings. The van der Waals surface area contributed by atoms with E-state index in [9.17, 15) is 0 Å². The fourth-order valence-corrected chi connectivity index (χ4v) is 3.09. The van der Waals surface area contributed by atoms with Gasteiger partial charge in [0.25, 0.3) is 0 Å². The molecule has 2 nitrogen and oxygen atoms in total. The van der Waals surface area contributed by atoms with Crippen molar-refractivity contribution >= 4 is 0 Å². The summed E-state index contributed by atoms with van der Waals surface area (Å²) in [6.45, 7) is 4.65. The van der Waals surface area contributed by atoms with E-state index >= 15 is 0 Å². The molecule has 0 amide bonds. The SMILES string of the molecule is CCCCCCC(NN)C1CCCC(C)C1. The molecule has 3 atom stereocenters. The molecule has 16 heavy (non-hydrogen) atoms. The van der Waals surface area contributed by atoms with Gasteiger partial charge in [0.15, 0.2) is 0 Å². The second kappa shape index (κ2) is 8.08. The first-order valence-corrected chi connectivity index (χ1v) is 7.24. The summed E-state index contributed by atoms with van der Waals surface area (Å²) >= 11 is 0. The third-order valence-electron chi connectivity index (χ3n) is 4.13. The summed E-state index contributed by atoms with van der Waals surface area (Å²) in [4.78, 5) is 0. The Bertz CT molecular complexity index is 170. The van der Waals surface area contributed by atoms with Crippen molar-refractivity contribution in [3.8, 4) is 0 Å². The maximum atomic E-state index is 5.71. The maximum Gasteiger partial charge on any atom is 0.0238 e. The van der Waals surface area contributed by atoms with Crippen LogP contribution in [0.1, 0.15) is 71.6 Å². The van der Waals surface area contributed by atoms with Gasteiger partial charge in [-0.3, -0.25) is 11.3 Å². The first kappa shape index (κ1) is 14.0. The lowest BCUT2D eigenvalue weighted by Gasteiger charge is -2.33. The van der Waals surface area contributed by atoms with E-state index in [1.807, 2.05) is 0 Å². The average Bonchev–Trinajstić information content (AvgIpc) is 2.29. The molecule has 96 valence electrons. The normalized spacial score (nSPS) is 27.9. The lowest BCUT2D eigenvalue weighted by Crippen LogP contribution is -2.42. The zero-order valence-corrected chi connectivity index (χ0v) is 11.2. The summed E-state index contributed by atoms with van der Waals surface area (Å²) in [5.74, 6) is 7.45. The highest BCUT2D eigenvalue weighted by molar-refractivity contribution is 4.80. The summed E-state index contributed by atoms with van der Waals surface area (Å²) in [6.07, 6.45) is 12.3. The molecule has 1 aliphatic carbocycles. The second-order valence-electron chi connectivity index (χ2n) is 5.65. The first-order valence-electron chi connectivity index (χ1n) is 7.24. The highest BCUT2D eigenvalue weighted by atomic mass is 15.2. The number of unbranched alkanes of at least 4 members (excludes halogenated alkanes) is 3. The van der Waals surface area contributed by atoms with Crippen LogP contribution in [0.5, 0.6) is 0 Å². The fraction of sp³-hybridized carbons (Fsp3) is 1.00. The number of hydrazine groups is 1. The molecule has 1 fully saturated rings. The number of rotatable bonds is 7. The molecule has 2 heteroatoms. The molecule has 0 aromatic heterocycles. The molecule has 3 unspecified atom stereocenters. The first-order chi connectivity index (χ1) is 7.77. The second-order valence-corrected chi connectivity index (χ2v) is 5.65. The summed E-state index contributed by atoms with van der Waals surface area (Å²) in [5.41, 5.74) is 3.07. The summed E-state index contributed by atoms with van der Waals surface area (Å²) in [6, 6.07) is 0.569. The van der Waals surface area contributed by atoms with Crippen molar-refractivity contribution in [2.24, 2.45) is 17.7 Å². The number of hydrogen-bond donors (Lipinski definition) is 2. The lowest BCUT2D eigenvalue weighted by atomic mass is 9.77. The average molecular weight is 226 g/mol. The predicted molar refractivity (Wildman–Crippen MR) is 71.0 cm³/mol. The molecular formula is C14H30N2. The van der Waals surface area contributed by atoms with Crippen molar-refractivity contribution in [2.75, 3.05) is 0 Å². The van der Waals surface area contributed by atoms with E-state index < -0.39 is 0 Å². The Morgan fingerprint density at radius 2 is 2.06 bits per heavy atom. The van der Waals surface area contributed by atoms with Gasteiger partial charge in [-0.1, -0.05) is 52.4 Å². The highest BCUT2D eigenvalue weighted by Gasteiger charge is 2.25. The Labute approximate surface area is 101 Å². The molecular weight excluding hydrogens is 196 g/mol. The van der Waals surface area contributed by atoms with E-state index in [0.717, 1.165) is 11.8 Å². The van der Waals surface area contributed by atoms with Crippen molar-refractivity contribution in [2.45, 2.75) is 77.7 Å². The van der Waals surface area contributed by atoms with E-state index in [4.69, 9.17) is 5.84 Å². The number of hydrogen-bond acceptors (Lipinski definition) is 2. The molecule has 3 N–H and O–H groups in total. The monoisotopic (exact) mass is 226 g/mol. The summed E-state index contributed by atoms with van der Waals surface area (Å²) < 4.78 is 0. The maximum absolute atomic E-state index is 5.71. The van der Waals surface area contributed by atoms with Gasteiger partial charge >= 0.3 is 0 Å². The van der Waals surface area contributed by atoms with Crippen LogP contribution in [0.3, 0.4) is 0 Å². The predicted octanol–water partition coefficient (Wildman–Crippen LogP) is 3.62. The Morgan fingerprint density at radius 3 is 2.69 bits per heavy atom. The molecule has 0 aromatic rings. The van der Waals surface area contributed by atoms with Crippen molar-refractivity contribution in [1.29, 1.82) is 0 Å². The molecule has 0 radical (unpaired) electrons. The minimum Gasteiger partial charge on any atom is -0.271 e. The molecule has 0 aromatic carbocycles. The topological polar surface area (TPSA) is 38.0 Å². The van der Waals surface area contributed by atoms with Crippen LogP contribution in [0.25, 0.3) is 0 Å². The summed E-state index contributed by atoms with van der Waals surface area (Å²) in [7, 11) is 0. The quantitative estimate of drug-likeness (QED) is 0.395. The van der Waals surface area contributed by atoms with E-state index in [1.165, 1.54) is 57.8 Å². The molecule has 0 aliphatic heterocycles. The van der Waals surface area contributed by atoms with Crippen molar-refractivity contribution in [3.05, 3.63) is 0 Å². The third-order valence-corrected chi connectivity index (χ3v) is 4.13. The zero-order chi connectivity index (χ0) is 11.8. The van der Waals surface area contributed by atoms with Gasteiger partial charge in [-0.15, -0.1) is 0 Å². The minimum absolute atomic E-state index is 0.569. The van der Waals surface area contributed by atoms with Gasteiger partial charge in [0.05, 0.1) is 0 Å².